The van der Waals surface area contributed by atoms with E-state index in [2.05, 4.69) is 5.28 Å². The number of carbonyl (C=O) groups is 1. The summed E-state index contributed by atoms with van der Waals surface area (Å²) < 4.78 is 0. The van der Waals surface area contributed by atoms with E-state index >= 15 is 0 Å². The number of amides is 1. The first-order chi connectivity index (χ1) is 5.35. The molecule has 0 spiro atoms. The molecule has 0 unspecified atom stereocenters. The van der Waals surface area contributed by atoms with Gasteiger partial charge in [-0.3, -0.25) is 4.79 Å². The molecule has 0 saturated carbocycles. The summed E-state index contributed by atoms with van der Waals surface area (Å²) in [6, 6.07) is 0. The van der Waals surface area contributed by atoms with Gasteiger partial charge in [0.1, 0.15) is 0 Å². The van der Waals surface area contributed by atoms with E-state index in [1.54, 1.807) is 0 Å². The predicted octanol–water partition coefficient (Wildman–Crippen LogP) is 0.805. The van der Waals surface area contributed by atoms with Crippen molar-refractivity contribution in [3.8, 4) is 0 Å². The van der Waals surface area contributed by atoms with E-state index < -0.39 is 5.91 Å². The smallest absolute Gasteiger partial charge is 0.279 e. The number of nitrogens with zero attached hydrogens (tertiary/aromatic N) is 2. The van der Waals surface area contributed by atoms with E-state index in [0.29, 0.717) is 0 Å². The highest BCUT2D eigenvalue weighted by atomic mass is 16.6. The third kappa shape index (κ3) is 5.45. The van der Waals surface area contributed by atoms with E-state index in [1.165, 1.54) is 0 Å². The maximum atomic E-state index is 10.9. The molecule has 2 N–H and O–H groups in total. The fourth-order valence-corrected chi connectivity index (χ4v) is 0.650. The first-order valence-electron chi connectivity index (χ1n) is 3.47. The van der Waals surface area contributed by atoms with E-state index in [1.807, 2.05) is 26.2 Å². The lowest BCUT2D eigenvalue weighted by Gasteiger charge is -2.15. The molecule has 0 bridgehead atoms. The summed E-state index contributed by atoms with van der Waals surface area (Å²) >= 11 is 0. The molecule has 1 amide bonds. The summed E-state index contributed by atoms with van der Waals surface area (Å²) in [5.41, 5.74) is 1.61. The molecule has 6 nitrogen and oxygen atoms in total. The van der Waals surface area contributed by atoms with Crippen LogP contribution < -0.4 is 5.43 Å². The Morgan fingerprint density at radius 2 is 2.17 bits per heavy atom. The van der Waals surface area contributed by atoms with Gasteiger partial charge in [0, 0.05) is 6.42 Å². The highest BCUT2D eigenvalue weighted by Crippen LogP contribution is 2.17. The molecule has 0 rings (SSSR count). The minimum Gasteiger partial charge on any atom is -0.569 e. The second kappa shape index (κ2) is 3.89. The Morgan fingerprint density at radius 1 is 1.67 bits per heavy atom. The molecule has 0 aliphatic heterocycles. The van der Waals surface area contributed by atoms with Gasteiger partial charge in [0.25, 0.3) is 5.91 Å². The Hall–Kier alpha value is -1.33. The van der Waals surface area contributed by atoms with Crippen LogP contribution >= 0.6 is 0 Å². The van der Waals surface area contributed by atoms with E-state index in [4.69, 9.17) is 5.21 Å². The van der Waals surface area contributed by atoms with E-state index in [0.717, 1.165) is 0 Å². The maximum Gasteiger partial charge on any atom is 0.279 e. The Labute approximate surface area is 70.4 Å². The molecule has 0 radical (unpaired) electrons. The summed E-state index contributed by atoms with van der Waals surface area (Å²) in [7, 11) is 0. The molecule has 70 valence electrons. The molecule has 12 heavy (non-hydrogen) atoms. The number of hydrazine groups is 1. The fraction of sp³-hybridized carbons (Fsp3) is 0.833. The summed E-state index contributed by atoms with van der Waals surface area (Å²) in [5, 5.41) is 20.4. The van der Waals surface area contributed by atoms with Crippen LogP contribution in [0.15, 0.2) is 5.28 Å². The molecule has 0 aromatic carbocycles. The highest BCUT2D eigenvalue weighted by molar-refractivity contribution is 5.75. The highest BCUT2D eigenvalue weighted by Gasteiger charge is 2.18. The third-order valence-corrected chi connectivity index (χ3v) is 0.992. The molecule has 6 heteroatoms. The Balaban J connectivity index is 3.92. The summed E-state index contributed by atoms with van der Waals surface area (Å²) in [5.74, 6) is -0.477. The van der Waals surface area contributed by atoms with Gasteiger partial charge in [-0.25, -0.2) is 0 Å². The lowest BCUT2D eigenvalue weighted by Crippen LogP contribution is -2.32. The van der Waals surface area contributed by atoms with Gasteiger partial charge in [-0.2, -0.15) is 0 Å². The quantitative estimate of drug-likeness (QED) is 0.369. The standard InChI is InChI=1S/C6H13N3O3/c1-6(2,3)4-5(10)7-9(12)8-11/h11H,4H2,1-3H3,(H,7,8,10). The zero-order valence-corrected chi connectivity index (χ0v) is 7.37. The van der Waals surface area contributed by atoms with Gasteiger partial charge in [0.05, 0.1) is 4.97 Å². The largest absolute Gasteiger partial charge is 0.569 e. The molecule has 0 aromatic rings. The van der Waals surface area contributed by atoms with Gasteiger partial charge in [-0.1, -0.05) is 26.2 Å². The molecule has 0 heterocycles. The van der Waals surface area contributed by atoms with Crippen molar-refractivity contribution in [2.24, 2.45) is 10.7 Å². The van der Waals surface area contributed by atoms with Crippen LogP contribution in [0.4, 0.5) is 0 Å². The molecule has 0 aromatic heterocycles. The molecule has 0 aliphatic rings. The van der Waals surface area contributed by atoms with Crippen molar-refractivity contribution in [2.45, 2.75) is 27.2 Å². The third-order valence-electron chi connectivity index (χ3n) is 0.992. The fourth-order valence-electron chi connectivity index (χ4n) is 0.650. The second-order valence-corrected chi connectivity index (χ2v) is 3.63. The zero-order valence-electron chi connectivity index (χ0n) is 7.37. The normalized spacial score (nSPS) is 12.8. The van der Waals surface area contributed by atoms with Crippen molar-refractivity contribution in [2.75, 3.05) is 0 Å². The van der Waals surface area contributed by atoms with Crippen molar-refractivity contribution in [1.82, 2.24) is 5.43 Å². The Bertz CT molecular complexity index is 195. The van der Waals surface area contributed by atoms with Crippen molar-refractivity contribution in [1.29, 1.82) is 0 Å². The van der Waals surface area contributed by atoms with E-state index in [9.17, 15) is 10.0 Å². The first kappa shape index (κ1) is 10.7. The van der Waals surface area contributed by atoms with Gasteiger partial charge in [0.15, 0.2) is 0 Å². The van der Waals surface area contributed by atoms with Crippen LogP contribution in [-0.2, 0) is 4.79 Å². The van der Waals surface area contributed by atoms with Gasteiger partial charge in [0.2, 0.25) is 5.28 Å². The number of hydrogen-bond acceptors (Lipinski definition) is 3. The Kier molecular flexibility index (Phi) is 3.46. The van der Waals surface area contributed by atoms with Crippen LogP contribution in [0, 0.1) is 10.6 Å². The monoisotopic (exact) mass is 175 g/mol. The van der Waals surface area contributed by atoms with Crippen LogP contribution in [0.1, 0.15) is 27.2 Å². The van der Waals surface area contributed by atoms with Crippen LogP contribution in [-0.4, -0.2) is 16.1 Å². The number of nitrogens with one attached hydrogen (secondary N) is 1. The van der Waals surface area contributed by atoms with Crippen LogP contribution in [0.2, 0.25) is 0 Å². The average molecular weight is 175 g/mol. The van der Waals surface area contributed by atoms with Crippen LogP contribution in [0.5, 0.6) is 0 Å². The van der Waals surface area contributed by atoms with Gasteiger partial charge < -0.3 is 10.4 Å². The lowest BCUT2D eigenvalue weighted by atomic mass is 9.92. The maximum absolute atomic E-state index is 10.9. The number of hydrogen-bond donors (Lipinski definition) is 2. The van der Waals surface area contributed by atoms with Crippen molar-refractivity contribution in [3.05, 3.63) is 5.21 Å². The van der Waals surface area contributed by atoms with Crippen molar-refractivity contribution in [3.63, 3.8) is 0 Å². The van der Waals surface area contributed by atoms with E-state index in [-0.39, 0.29) is 16.8 Å². The molecule has 0 fully saturated rings. The molecule has 0 saturated heterocycles. The molecular weight excluding hydrogens is 162 g/mol. The second-order valence-electron chi connectivity index (χ2n) is 3.63. The molecular formula is C6H13N3O3. The van der Waals surface area contributed by atoms with Gasteiger partial charge in [-0.15, -0.1) is 0 Å². The number of carbonyl (C=O) groups excluding carboxylic acids is 1. The predicted molar refractivity (Wildman–Crippen MR) is 40.1 cm³/mol. The van der Waals surface area contributed by atoms with Crippen molar-refractivity contribution < 1.29 is 15.0 Å². The molecule has 0 atom stereocenters. The summed E-state index contributed by atoms with van der Waals surface area (Å²) in [6.07, 6.45) is 0.196. The Morgan fingerprint density at radius 3 is 2.50 bits per heavy atom. The van der Waals surface area contributed by atoms with Gasteiger partial charge in [-0.05, 0) is 5.41 Å². The topological polar surface area (TPSA) is 87.8 Å². The zero-order chi connectivity index (χ0) is 9.78. The summed E-state index contributed by atoms with van der Waals surface area (Å²) in [6.45, 7) is 5.58. The van der Waals surface area contributed by atoms with Gasteiger partial charge >= 0.3 is 0 Å². The number of rotatable bonds is 2. The minimum atomic E-state index is -0.477. The first-order valence-corrected chi connectivity index (χ1v) is 3.47. The minimum absolute atomic E-state index is 0.194. The van der Waals surface area contributed by atoms with Crippen molar-refractivity contribution >= 4 is 5.91 Å². The SMILES string of the molecule is CC(C)(C)CC(=O)N/[N+]([O-])=N\O. The average Bonchev–Trinajstić information content (AvgIpc) is 1.82. The molecule has 0 aliphatic carbocycles. The van der Waals surface area contributed by atoms with Crippen LogP contribution in [0.3, 0.4) is 0 Å². The lowest BCUT2D eigenvalue weighted by molar-refractivity contribution is -0.599. The summed E-state index contributed by atoms with van der Waals surface area (Å²) in [4.78, 5) is 10.6. The van der Waals surface area contributed by atoms with Crippen LogP contribution in [0.25, 0.3) is 0 Å².